The van der Waals surface area contributed by atoms with Crippen molar-refractivity contribution in [2.24, 2.45) is 0 Å². The van der Waals surface area contributed by atoms with Gasteiger partial charge in [-0.2, -0.15) is 0 Å². The molecule has 1 atom stereocenters. The lowest BCUT2D eigenvalue weighted by molar-refractivity contribution is -0.927. The van der Waals surface area contributed by atoms with E-state index in [2.05, 4.69) is 49.4 Å². The fourth-order valence-electron chi connectivity index (χ4n) is 2.94. The third-order valence-corrected chi connectivity index (χ3v) is 4.16. The Kier molecular flexibility index (Phi) is 7.63. The van der Waals surface area contributed by atoms with Crippen molar-refractivity contribution >= 4 is 0 Å². The molecule has 2 aromatic carbocycles. The van der Waals surface area contributed by atoms with Gasteiger partial charge in [-0.3, -0.25) is 0 Å². The molecule has 3 heteroatoms. The van der Waals surface area contributed by atoms with Gasteiger partial charge in [-0.05, 0) is 31.5 Å². The Morgan fingerprint density at radius 3 is 2.29 bits per heavy atom. The second kappa shape index (κ2) is 9.99. The van der Waals surface area contributed by atoms with Gasteiger partial charge in [0.15, 0.2) is 11.5 Å². The van der Waals surface area contributed by atoms with Crippen LogP contribution in [0.2, 0.25) is 0 Å². The van der Waals surface area contributed by atoms with Crippen LogP contribution in [-0.2, 0) is 13.1 Å². The number of quaternary nitrogens is 1. The Bertz CT molecular complexity index is 598. The molecule has 24 heavy (non-hydrogen) atoms. The first-order valence-electron chi connectivity index (χ1n) is 8.94. The van der Waals surface area contributed by atoms with Gasteiger partial charge >= 0.3 is 0 Å². The molecule has 0 aromatic heterocycles. The van der Waals surface area contributed by atoms with Crippen molar-refractivity contribution in [3.8, 4) is 11.5 Å². The molecule has 2 rings (SSSR count). The van der Waals surface area contributed by atoms with Crippen LogP contribution in [0, 0.1) is 0 Å². The minimum Gasteiger partial charge on any atom is -0.493 e. The van der Waals surface area contributed by atoms with Crippen LogP contribution in [0.15, 0.2) is 48.5 Å². The van der Waals surface area contributed by atoms with E-state index in [1.165, 1.54) is 30.5 Å². The minimum atomic E-state index is 0.649. The molecule has 0 amide bonds. The minimum absolute atomic E-state index is 0.649. The number of rotatable bonds is 10. The quantitative estimate of drug-likeness (QED) is 0.721. The molecule has 1 N–H and O–H groups in total. The maximum absolute atomic E-state index is 5.72. The highest BCUT2D eigenvalue weighted by molar-refractivity contribution is 5.42. The Morgan fingerprint density at radius 2 is 1.62 bits per heavy atom. The Balaban J connectivity index is 2.11. The molecule has 0 aliphatic carbocycles. The predicted octanol–water partition coefficient (Wildman–Crippen LogP) is 3.48. The summed E-state index contributed by atoms with van der Waals surface area (Å²) >= 11 is 0. The fraction of sp³-hybridized carbons (Fsp3) is 0.429. The molecule has 0 saturated heterocycles. The zero-order valence-electron chi connectivity index (χ0n) is 15.2. The van der Waals surface area contributed by atoms with Gasteiger partial charge in [0.2, 0.25) is 0 Å². The summed E-state index contributed by atoms with van der Waals surface area (Å²) in [7, 11) is 1.69. The number of nitrogens with one attached hydrogen (secondary N) is 1. The van der Waals surface area contributed by atoms with E-state index in [4.69, 9.17) is 9.47 Å². The molecule has 3 nitrogen and oxygen atoms in total. The van der Waals surface area contributed by atoms with Gasteiger partial charge < -0.3 is 14.4 Å². The van der Waals surface area contributed by atoms with Crippen LogP contribution in [0.1, 0.15) is 37.8 Å². The maximum Gasteiger partial charge on any atom is 0.161 e. The zero-order valence-corrected chi connectivity index (χ0v) is 15.2. The Morgan fingerprint density at radius 1 is 0.875 bits per heavy atom. The summed E-state index contributed by atoms with van der Waals surface area (Å²) in [6, 6.07) is 17.0. The lowest BCUT2D eigenvalue weighted by Crippen LogP contribution is -3.09. The topological polar surface area (TPSA) is 22.9 Å². The molecule has 0 saturated carbocycles. The van der Waals surface area contributed by atoms with Gasteiger partial charge in [0.1, 0.15) is 13.1 Å². The van der Waals surface area contributed by atoms with Crippen molar-refractivity contribution in [2.75, 3.05) is 20.3 Å². The number of benzene rings is 2. The number of methoxy groups -OCH3 is 1. The second-order valence-corrected chi connectivity index (χ2v) is 6.11. The van der Waals surface area contributed by atoms with E-state index in [0.717, 1.165) is 24.6 Å². The Labute approximate surface area is 146 Å². The van der Waals surface area contributed by atoms with Crippen molar-refractivity contribution in [3.63, 3.8) is 0 Å². The van der Waals surface area contributed by atoms with Crippen molar-refractivity contribution in [2.45, 2.75) is 39.8 Å². The average molecular weight is 328 g/mol. The van der Waals surface area contributed by atoms with Crippen LogP contribution in [0.3, 0.4) is 0 Å². The molecular weight excluding hydrogens is 298 g/mol. The zero-order chi connectivity index (χ0) is 17.2. The second-order valence-electron chi connectivity index (χ2n) is 6.11. The normalized spacial score (nSPS) is 12.0. The highest BCUT2D eigenvalue weighted by Crippen LogP contribution is 2.27. The van der Waals surface area contributed by atoms with E-state index in [9.17, 15) is 0 Å². The van der Waals surface area contributed by atoms with E-state index < -0.39 is 0 Å². The highest BCUT2D eigenvalue weighted by atomic mass is 16.5. The van der Waals surface area contributed by atoms with Gasteiger partial charge in [0.25, 0.3) is 0 Å². The van der Waals surface area contributed by atoms with E-state index in [1.807, 2.05) is 13.0 Å². The molecule has 0 aliphatic rings. The monoisotopic (exact) mass is 328 g/mol. The standard InChI is InChI=1S/C21H29NO2/c1-4-6-14-22(16-18-10-8-7-9-11-18)17-19-12-13-20(23-3)21(15-19)24-5-2/h7-13,15H,4-6,14,16-17H2,1-3H3/p+1. The van der Waals surface area contributed by atoms with Crippen LogP contribution in [0.5, 0.6) is 11.5 Å². The molecule has 2 aromatic rings. The van der Waals surface area contributed by atoms with Gasteiger partial charge in [-0.1, -0.05) is 43.7 Å². The molecule has 0 fully saturated rings. The van der Waals surface area contributed by atoms with Gasteiger partial charge in [-0.15, -0.1) is 0 Å². The molecule has 0 radical (unpaired) electrons. The summed E-state index contributed by atoms with van der Waals surface area (Å²) in [5.74, 6) is 1.64. The fourth-order valence-corrected chi connectivity index (χ4v) is 2.94. The Hall–Kier alpha value is -2.00. The lowest BCUT2D eigenvalue weighted by atomic mass is 10.1. The van der Waals surface area contributed by atoms with E-state index >= 15 is 0 Å². The molecular formula is C21H30NO2+. The van der Waals surface area contributed by atoms with Crippen LogP contribution < -0.4 is 14.4 Å². The smallest absolute Gasteiger partial charge is 0.161 e. The summed E-state index contributed by atoms with van der Waals surface area (Å²) in [4.78, 5) is 1.58. The first kappa shape index (κ1) is 18.3. The van der Waals surface area contributed by atoms with E-state index in [-0.39, 0.29) is 0 Å². The lowest BCUT2D eigenvalue weighted by Gasteiger charge is -2.20. The first-order valence-corrected chi connectivity index (χ1v) is 8.94. The summed E-state index contributed by atoms with van der Waals surface area (Å²) in [5.41, 5.74) is 2.68. The van der Waals surface area contributed by atoms with Crippen LogP contribution in [0.4, 0.5) is 0 Å². The first-order chi connectivity index (χ1) is 11.8. The number of unbranched alkanes of at least 4 members (excludes halogenated alkanes) is 1. The number of ether oxygens (including phenoxy) is 2. The van der Waals surface area contributed by atoms with Crippen LogP contribution in [-0.4, -0.2) is 20.3 Å². The predicted molar refractivity (Wildman–Crippen MR) is 98.8 cm³/mol. The summed E-state index contributed by atoms with van der Waals surface area (Å²) in [6.45, 7) is 8.13. The van der Waals surface area contributed by atoms with Crippen molar-refractivity contribution < 1.29 is 14.4 Å². The molecule has 130 valence electrons. The molecule has 1 unspecified atom stereocenters. The number of hydrogen-bond acceptors (Lipinski definition) is 2. The average Bonchev–Trinajstić information content (AvgIpc) is 2.61. The SMILES string of the molecule is CCCC[NH+](Cc1ccccc1)Cc1ccc(OC)c(OCC)c1. The molecule has 0 aliphatic heterocycles. The molecule has 0 bridgehead atoms. The summed E-state index contributed by atoms with van der Waals surface area (Å²) in [6.07, 6.45) is 2.47. The van der Waals surface area contributed by atoms with Crippen molar-refractivity contribution in [1.82, 2.24) is 0 Å². The molecule has 0 spiro atoms. The van der Waals surface area contributed by atoms with Crippen LogP contribution in [0.25, 0.3) is 0 Å². The van der Waals surface area contributed by atoms with Gasteiger partial charge in [-0.25, -0.2) is 0 Å². The number of hydrogen-bond donors (Lipinski definition) is 1. The van der Waals surface area contributed by atoms with Crippen LogP contribution >= 0.6 is 0 Å². The largest absolute Gasteiger partial charge is 0.493 e. The van der Waals surface area contributed by atoms with Crippen molar-refractivity contribution in [1.29, 1.82) is 0 Å². The third kappa shape index (κ3) is 5.57. The van der Waals surface area contributed by atoms with Crippen molar-refractivity contribution in [3.05, 3.63) is 59.7 Å². The summed E-state index contributed by atoms with van der Waals surface area (Å²) in [5, 5.41) is 0. The maximum atomic E-state index is 5.72. The van der Waals surface area contributed by atoms with E-state index in [1.54, 1.807) is 12.0 Å². The highest BCUT2D eigenvalue weighted by Gasteiger charge is 2.13. The van der Waals surface area contributed by atoms with Gasteiger partial charge in [0, 0.05) is 11.1 Å². The molecule has 0 heterocycles. The summed E-state index contributed by atoms with van der Waals surface area (Å²) < 4.78 is 11.1. The van der Waals surface area contributed by atoms with E-state index in [0.29, 0.717) is 6.61 Å². The van der Waals surface area contributed by atoms with Gasteiger partial charge in [0.05, 0.1) is 20.3 Å². The third-order valence-electron chi connectivity index (χ3n) is 4.16.